The van der Waals surface area contributed by atoms with Crippen LogP contribution in [0.15, 0.2) is 0 Å². The summed E-state index contributed by atoms with van der Waals surface area (Å²) in [5.74, 6) is -1.73. The predicted molar refractivity (Wildman–Crippen MR) is 69.6 cm³/mol. The Bertz CT molecular complexity index is 568. The molecule has 0 aliphatic carbocycles. The van der Waals surface area contributed by atoms with Crippen molar-refractivity contribution in [2.24, 2.45) is 0 Å². The summed E-state index contributed by atoms with van der Waals surface area (Å²) in [5, 5.41) is 8.36. The molecule has 0 unspecified atom stereocenters. The molecule has 7 heteroatoms. The zero-order valence-corrected chi connectivity index (χ0v) is 11.7. The Hall–Kier alpha value is -1.60. The number of aromatic nitrogens is 3. The van der Waals surface area contributed by atoms with Crippen LogP contribution in [-0.2, 0) is 16.0 Å². The smallest absolute Gasteiger partial charge is 0.164 e. The molecule has 0 aliphatic heterocycles. The molecule has 0 N–H and O–H groups in total. The van der Waals surface area contributed by atoms with Crippen LogP contribution in [0.3, 0.4) is 0 Å². The van der Waals surface area contributed by atoms with Crippen molar-refractivity contribution in [1.82, 2.24) is 15.0 Å². The highest BCUT2D eigenvalue weighted by Crippen LogP contribution is 2.24. The molecule has 2 aromatic rings. The molecule has 1 aromatic carbocycles. The summed E-state index contributed by atoms with van der Waals surface area (Å²) >= 11 is 0. The second-order valence-corrected chi connectivity index (χ2v) is 4.48. The predicted octanol–water partition coefficient (Wildman–Crippen LogP) is 1.99. The highest BCUT2D eigenvalue weighted by Gasteiger charge is 2.18. The van der Waals surface area contributed by atoms with Gasteiger partial charge in [0.1, 0.15) is 11.0 Å². The second-order valence-electron chi connectivity index (χ2n) is 4.48. The number of hydrogen-bond acceptors (Lipinski definition) is 4. The highest BCUT2D eigenvalue weighted by atomic mass is 19.2. The maximum Gasteiger partial charge on any atom is 0.164 e. The van der Waals surface area contributed by atoms with E-state index in [1.54, 1.807) is 7.11 Å². The van der Waals surface area contributed by atoms with Gasteiger partial charge in [0.15, 0.2) is 11.6 Å². The van der Waals surface area contributed by atoms with E-state index in [0.717, 1.165) is 0 Å². The topological polar surface area (TPSA) is 49.2 Å². The fraction of sp³-hybridized carbons (Fsp3) is 0.538. The molecule has 0 aliphatic rings. The Morgan fingerprint density at radius 1 is 0.950 bits per heavy atom. The zero-order valence-electron chi connectivity index (χ0n) is 11.7. The van der Waals surface area contributed by atoms with E-state index in [2.05, 4.69) is 10.2 Å². The van der Waals surface area contributed by atoms with Crippen LogP contribution in [0.5, 0.6) is 0 Å². The average molecular weight is 285 g/mol. The summed E-state index contributed by atoms with van der Waals surface area (Å²) < 4.78 is 37.4. The van der Waals surface area contributed by atoms with E-state index >= 15 is 0 Å². The van der Waals surface area contributed by atoms with Crippen LogP contribution in [0.2, 0.25) is 0 Å². The first kappa shape index (κ1) is 14.8. The molecule has 1 aromatic heterocycles. The average Bonchev–Trinajstić information content (AvgIpc) is 2.87. The number of rotatable bonds is 6. The molecular formula is C13H17F2N3O2. The molecule has 0 saturated carbocycles. The normalized spacial score (nSPS) is 11.4. The third kappa shape index (κ3) is 2.78. The lowest BCUT2D eigenvalue weighted by Crippen LogP contribution is -2.11. The number of benzene rings is 1. The SMILES string of the molecule is COCCOCCn1nc2c(C)c(F)c(F)c(C)c2n1. The third-order valence-electron chi connectivity index (χ3n) is 3.08. The molecule has 0 saturated heterocycles. The van der Waals surface area contributed by atoms with Crippen molar-refractivity contribution < 1.29 is 18.3 Å². The Labute approximate surface area is 115 Å². The molecule has 110 valence electrons. The van der Waals surface area contributed by atoms with Crippen LogP contribution < -0.4 is 0 Å². The van der Waals surface area contributed by atoms with Gasteiger partial charge in [-0.2, -0.15) is 15.0 Å². The van der Waals surface area contributed by atoms with Crippen LogP contribution in [0.4, 0.5) is 8.78 Å². The first-order chi connectivity index (χ1) is 9.56. The molecule has 2 rings (SSSR count). The molecule has 0 amide bonds. The first-order valence-electron chi connectivity index (χ1n) is 6.32. The minimum Gasteiger partial charge on any atom is -0.382 e. The lowest BCUT2D eigenvalue weighted by atomic mass is 10.1. The number of methoxy groups -OCH3 is 1. The summed E-state index contributed by atoms with van der Waals surface area (Å²) in [6, 6.07) is 0. The standard InChI is InChI=1S/C13H17F2N3O2/c1-8-10(14)11(15)9(2)13-12(8)16-18(17-13)4-5-20-7-6-19-3/h4-7H2,1-3H3. The van der Waals surface area contributed by atoms with Crippen molar-refractivity contribution in [3.8, 4) is 0 Å². The Balaban J connectivity index is 2.17. The third-order valence-corrected chi connectivity index (χ3v) is 3.08. The van der Waals surface area contributed by atoms with Gasteiger partial charge in [0.25, 0.3) is 0 Å². The fourth-order valence-electron chi connectivity index (χ4n) is 1.88. The van der Waals surface area contributed by atoms with Gasteiger partial charge in [0.05, 0.1) is 26.4 Å². The van der Waals surface area contributed by atoms with Gasteiger partial charge in [0.2, 0.25) is 0 Å². The zero-order chi connectivity index (χ0) is 14.7. The second kappa shape index (κ2) is 6.23. The number of fused-ring (bicyclic) bond motifs is 1. The molecule has 1 heterocycles. The van der Waals surface area contributed by atoms with E-state index in [1.807, 2.05) is 0 Å². The Morgan fingerprint density at radius 2 is 1.50 bits per heavy atom. The van der Waals surface area contributed by atoms with Crippen LogP contribution in [0, 0.1) is 25.5 Å². The summed E-state index contributed by atoms with van der Waals surface area (Å²) in [7, 11) is 1.60. The minimum atomic E-state index is -0.863. The Kier molecular flexibility index (Phi) is 4.61. The van der Waals surface area contributed by atoms with Gasteiger partial charge >= 0.3 is 0 Å². The number of nitrogens with zero attached hydrogens (tertiary/aromatic N) is 3. The van der Waals surface area contributed by atoms with E-state index in [1.165, 1.54) is 18.6 Å². The van der Waals surface area contributed by atoms with Gasteiger partial charge < -0.3 is 9.47 Å². The Morgan fingerprint density at radius 3 is 2.00 bits per heavy atom. The first-order valence-corrected chi connectivity index (χ1v) is 6.32. The van der Waals surface area contributed by atoms with E-state index in [4.69, 9.17) is 9.47 Å². The van der Waals surface area contributed by atoms with Crippen LogP contribution in [0.1, 0.15) is 11.1 Å². The number of halogens is 2. The van der Waals surface area contributed by atoms with Crippen molar-refractivity contribution in [2.75, 3.05) is 26.9 Å². The molecule has 0 fully saturated rings. The molecular weight excluding hydrogens is 268 g/mol. The van der Waals surface area contributed by atoms with Crippen LogP contribution in [0.25, 0.3) is 11.0 Å². The lowest BCUT2D eigenvalue weighted by Gasteiger charge is -2.02. The van der Waals surface area contributed by atoms with Crippen molar-refractivity contribution in [1.29, 1.82) is 0 Å². The number of hydrogen-bond donors (Lipinski definition) is 0. The summed E-state index contributed by atoms with van der Waals surface area (Å²) in [5.41, 5.74) is 1.13. The monoisotopic (exact) mass is 285 g/mol. The van der Waals surface area contributed by atoms with Crippen molar-refractivity contribution in [3.05, 3.63) is 22.8 Å². The van der Waals surface area contributed by atoms with Crippen molar-refractivity contribution >= 4 is 11.0 Å². The molecule has 20 heavy (non-hydrogen) atoms. The molecule has 0 spiro atoms. The molecule has 0 bridgehead atoms. The fourth-order valence-corrected chi connectivity index (χ4v) is 1.88. The molecule has 5 nitrogen and oxygen atoms in total. The van der Waals surface area contributed by atoms with Gasteiger partial charge in [-0.1, -0.05) is 0 Å². The van der Waals surface area contributed by atoms with E-state index < -0.39 is 11.6 Å². The number of ether oxygens (including phenoxy) is 2. The lowest BCUT2D eigenvalue weighted by molar-refractivity contribution is 0.0640. The quantitative estimate of drug-likeness (QED) is 0.762. The van der Waals surface area contributed by atoms with Crippen molar-refractivity contribution in [3.63, 3.8) is 0 Å². The van der Waals surface area contributed by atoms with Gasteiger partial charge in [0, 0.05) is 18.2 Å². The van der Waals surface area contributed by atoms with Crippen LogP contribution in [-0.4, -0.2) is 41.9 Å². The van der Waals surface area contributed by atoms with Gasteiger partial charge in [-0.3, -0.25) is 0 Å². The van der Waals surface area contributed by atoms with E-state index in [9.17, 15) is 8.78 Å². The highest BCUT2D eigenvalue weighted by molar-refractivity contribution is 5.81. The summed E-state index contributed by atoms with van der Waals surface area (Å²) in [6.45, 7) is 4.82. The maximum atomic E-state index is 13.6. The van der Waals surface area contributed by atoms with Crippen molar-refractivity contribution in [2.45, 2.75) is 20.4 Å². The van der Waals surface area contributed by atoms with E-state index in [-0.39, 0.29) is 11.1 Å². The van der Waals surface area contributed by atoms with Gasteiger partial charge in [-0.15, -0.1) is 0 Å². The molecule has 0 radical (unpaired) electrons. The van der Waals surface area contributed by atoms with Gasteiger partial charge in [-0.25, -0.2) is 8.78 Å². The van der Waals surface area contributed by atoms with E-state index in [0.29, 0.717) is 37.4 Å². The summed E-state index contributed by atoms with van der Waals surface area (Å²) in [4.78, 5) is 1.40. The van der Waals surface area contributed by atoms with Gasteiger partial charge in [-0.05, 0) is 13.8 Å². The molecule has 0 atom stereocenters. The minimum absolute atomic E-state index is 0.176. The maximum absolute atomic E-state index is 13.6. The summed E-state index contributed by atoms with van der Waals surface area (Å²) in [6.07, 6.45) is 0. The number of aryl methyl sites for hydroxylation is 2. The van der Waals surface area contributed by atoms with Crippen LogP contribution >= 0.6 is 0 Å². The largest absolute Gasteiger partial charge is 0.382 e.